The van der Waals surface area contributed by atoms with Crippen LogP contribution in [0.5, 0.6) is 0 Å². The lowest BCUT2D eigenvalue weighted by Crippen LogP contribution is -2.46. The molecular formula is C23H26ClN5O. The number of hydrogen-bond acceptors (Lipinski definition) is 4. The van der Waals surface area contributed by atoms with E-state index in [1.807, 2.05) is 41.8 Å². The number of nitrogens with one attached hydrogen (secondary N) is 1. The molecule has 1 N–H and O–H groups in total. The molecule has 0 atom stereocenters. The smallest absolute Gasteiger partial charge is 0.248 e. The fourth-order valence-corrected chi connectivity index (χ4v) is 4.01. The molecule has 3 aromatic rings. The van der Waals surface area contributed by atoms with Crippen molar-refractivity contribution >= 4 is 40.6 Å². The van der Waals surface area contributed by atoms with E-state index in [2.05, 4.69) is 39.2 Å². The van der Waals surface area contributed by atoms with Crippen LogP contribution >= 0.6 is 11.6 Å². The Bertz CT molecular complexity index is 1080. The summed E-state index contributed by atoms with van der Waals surface area (Å²) in [7, 11) is 0. The fourth-order valence-electron chi connectivity index (χ4n) is 3.77. The molecule has 7 heteroatoms. The Morgan fingerprint density at radius 3 is 2.73 bits per heavy atom. The second kappa shape index (κ2) is 8.90. The standard InChI is InChI=1S/C23H26ClN5O/c1-3-27-12-14-28(15-13-27)18-7-8-19(17(2)16-18)25-22(30)10-9-20-23(24)26-21-6-4-5-11-29(20)21/h4-11,16H,3,12-15H2,1-2H3,(H,25,30)/b10-9+. The molecule has 30 heavy (non-hydrogen) atoms. The number of piperazine rings is 1. The van der Waals surface area contributed by atoms with Gasteiger partial charge in [-0.2, -0.15) is 0 Å². The Morgan fingerprint density at radius 2 is 2.00 bits per heavy atom. The van der Waals surface area contributed by atoms with E-state index in [-0.39, 0.29) is 5.91 Å². The third-order valence-electron chi connectivity index (χ3n) is 5.57. The van der Waals surface area contributed by atoms with E-state index < -0.39 is 0 Å². The average molecular weight is 424 g/mol. The molecule has 0 saturated carbocycles. The minimum atomic E-state index is -0.204. The normalized spacial score (nSPS) is 15.2. The summed E-state index contributed by atoms with van der Waals surface area (Å²) in [6.45, 7) is 9.56. The number of benzene rings is 1. The summed E-state index contributed by atoms with van der Waals surface area (Å²) in [5.41, 5.74) is 4.48. The maximum absolute atomic E-state index is 12.5. The predicted octanol–water partition coefficient (Wildman–Crippen LogP) is 4.09. The maximum Gasteiger partial charge on any atom is 0.248 e. The van der Waals surface area contributed by atoms with E-state index in [1.165, 1.54) is 11.8 Å². The Morgan fingerprint density at radius 1 is 1.20 bits per heavy atom. The minimum Gasteiger partial charge on any atom is -0.369 e. The van der Waals surface area contributed by atoms with Gasteiger partial charge in [0.2, 0.25) is 5.91 Å². The number of nitrogens with zero attached hydrogens (tertiary/aromatic N) is 4. The SMILES string of the molecule is CCN1CCN(c2ccc(NC(=O)/C=C/c3c(Cl)nc4ccccn34)c(C)c2)CC1. The number of aromatic nitrogens is 2. The fraction of sp³-hybridized carbons (Fsp3) is 0.304. The monoisotopic (exact) mass is 423 g/mol. The average Bonchev–Trinajstić information content (AvgIpc) is 3.08. The summed E-state index contributed by atoms with van der Waals surface area (Å²) in [6, 6.07) is 11.9. The highest BCUT2D eigenvalue weighted by Gasteiger charge is 2.16. The lowest BCUT2D eigenvalue weighted by Gasteiger charge is -2.35. The second-order valence-electron chi connectivity index (χ2n) is 7.46. The predicted molar refractivity (Wildman–Crippen MR) is 123 cm³/mol. The van der Waals surface area contributed by atoms with Crippen LogP contribution in [-0.2, 0) is 4.79 Å². The Labute approximate surface area is 181 Å². The van der Waals surface area contributed by atoms with E-state index in [0.717, 1.165) is 49.6 Å². The first-order valence-electron chi connectivity index (χ1n) is 10.2. The lowest BCUT2D eigenvalue weighted by molar-refractivity contribution is -0.111. The van der Waals surface area contributed by atoms with Gasteiger partial charge in [-0.25, -0.2) is 4.98 Å². The van der Waals surface area contributed by atoms with Gasteiger partial charge in [-0.05, 0) is 55.4 Å². The zero-order chi connectivity index (χ0) is 21.1. The summed E-state index contributed by atoms with van der Waals surface area (Å²) < 4.78 is 1.85. The van der Waals surface area contributed by atoms with Crippen molar-refractivity contribution in [3.8, 4) is 0 Å². The van der Waals surface area contributed by atoms with Gasteiger partial charge in [0.25, 0.3) is 0 Å². The van der Waals surface area contributed by atoms with Crippen molar-refractivity contribution in [1.82, 2.24) is 14.3 Å². The van der Waals surface area contributed by atoms with Crippen molar-refractivity contribution in [2.75, 3.05) is 42.9 Å². The van der Waals surface area contributed by atoms with Gasteiger partial charge in [0.15, 0.2) is 5.15 Å². The van der Waals surface area contributed by atoms with Crippen molar-refractivity contribution in [3.05, 3.63) is 65.1 Å². The van der Waals surface area contributed by atoms with Crippen molar-refractivity contribution in [2.45, 2.75) is 13.8 Å². The zero-order valence-corrected chi connectivity index (χ0v) is 18.1. The van der Waals surface area contributed by atoms with Crippen LogP contribution in [0.15, 0.2) is 48.7 Å². The van der Waals surface area contributed by atoms with Gasteiger partial charge < -0.3 is 15.1 Å². The molecule has 1 saturated heterocycles. The molecule has 2 aromatic heterocycles. The quantitative estimate of drug-likeness (QED) is 0.628. The largest absolute Gasteiger partial charge is 0.369 e. The molecule has 0 spiro atoms. The van der Waals surface area contributed by atoms with Crippen molar-refractivity contribution in [2.24, 2.45) is 0 Å². The number of halogens is 1. The van der Waals surface area contributed by atoms with Crippen LogP contribution in [0.1, 0.15) is 18.2 Å². The number of amides is 1. The van der Waals surface area contributed by atoms with Crippen molar-refractivity contribution in [1.29, 1.82) is 0 Å². The van der Waals surface area contributed by atoms with Gasteiger partial charge in [0, 0.05) is 49.8 Å². The molecule has 1 aromatic carbocycles. The molecule has 0 bridgehead atoms. The maximum atomic E-state index is 12.5. The molecule has 3 heterocycles. The number of rotatable bonds is 5. The third kappa shape index (κ3) is 4.35. The van der Waals surface area contributed by atoms with Gasteiger partial charge in [0.1, 0.15) is 5.65 Å². The number of imidazole rings is 1. The highest BCUT2D eigenvalue weighted by atomic mass is 35.5. The van der Waals surface area contributed by atoms with Gasteiger partial charge in [-0.15, -0.1) is 0 Å². The van der Waals surface area contributed by atoms with Gasteiger partial charge in [-0.3, -0.25) is 9.20 Å². The van der Waals surface area contributed by atoms with Gasteiger partial charge in [-0.1, -0.05) is 24.6 Å². The van der Waals surface area contributed by atoms with Crippen LogP contribution in [0.4, 0.5) is 11.4 Å². The molecule has 156 valence electrons. The van der Waals surface area contributed by atoms with Gasteiger partial charge >= 0.3 is 0 Å². The van der Waals surface area contributed by atoms with E-state index in [1.54, 1.807) is 6.08 Å². The Kier molecular flexibility index (Phi) is 6.06. The summed E-state index contributed by atoms with van der Waals surface area (Å²) in [4.78, 5) is 21.6. The summed E-state index contributed by atoms with van der Waals surface area (Å²) in [5.74, 6) is -0.204. The van der Waals surface area contributed by atoms with Crippen molar-refractivity contribution in [3.63, 3.8) is 0 Å². The summed E-state index contributed by atoms with van der Waals surface area (Å²) >= 11 is 6.22. The Hall–Kier alpha value is -2.83. The highest BCUT2D eigenvalue weighted by Crippen LogP contribution is 2.24. The van der Waals surface area contributed by atoms with Crippen LogP contribution in [0.2, 0.25) is 5.15 Å². The molecule has 6 nitrogen and oxygen atoms in total. The zero-order valence-electron chi connectivity index (χ0n) is 17.3. The van der Waals surface area contributed by atoms with Crippen LogP contribution < -0.4 is 10.2 Å². The molecule has 1 fully saturated rings. The topological polar surface area (TPSA) is 52.9 Å². The number of carbonyl (C=O) groups is 1. The number of aryl methyl sites for hydroxylation is 1. The molecule has 1 aliphatic rings. The Balaban J connectivity index is 1.43. The first kappa shape index (κ1) is 20.4. The van der Waals surface area contributed by atoms with Crippen molar-refractivity contribution < 1.29 is 4.79 Å². The summed E-state index contributed by atoms with van der Waals surface area (Å²) in [6.07, 6.45) is 5.04. The molecule has 4 rings (SSSR count). The van der Waals surface area contributed by atoms with Crippen LogP contribution in [0, 0.1) is 6.92 Å². The summed E-state index contributed by atoms with van der Waals surface area (Å²) in [5, 5.41) is 3.33. The number of hydrogen-bond donors (Lipinski definition) is 1. The number of carbonyl (C=O) groups excluding carboxylic acids is 1. The molecule has 0 aliphatic carbocycles. The van der Waals surface area contributed by atoms with Crippen LogP contribution in [-0.4, -0.2) is 52.9 Å². The number of likely N-dealkylation sites (N-methyl/N-ethyl adjacent to an activating group) is 1. The molecular weight excluding hydrogens is 398 g/mol. The first-order chi connectivity index (χ1) is 14.5. The number of anilines is 2. The lowest BCUT2D eigenvalue weighted by atomic mass is 10.1. The number of pyridine rings is 1. The van der Waals surface area contributed by atoms with E-state index in [9.17, 15) is 4.79 Å². The first-order valence-corrected chi connectivity index (χ1v) is 10.6. The van der Waals surface area contributed by atoms with E-state index in [0.29, 0.717) is 10.8 Å². The molecule has 0 unspecified atom stereocenters. The van der Waals surface area contributed by atoms with E-state index in [4.69, 9.17) is 11.6 Å². The van der Waals surface area contributed by atoms with Crippen LogP contribution in [0.3, 0.4) is 0 Å². The minimum absolute atomic E-state index is 0.204. The van der Waals surface area contributed by atoms with E-state index >= 15 is 0 Å². The van der Waals surface area contributed by atoms with Gasteiger partial charge in [0.05, 0.1) is 5.69 Å². The highest BCUT2D eigenvalue weighted by molar-refractivity contribution is 6.31. The third-order valence-corrected chi connectivity index (χ3v) is 5.85. The second-order valence-corrected chi connectivity index (χ2v) is 7.82. The number of fused-ring (bicyclic) bond motifs is 1. The molecule has 1 amide bonds. The molecule has 1 aliphatic heterocycles. The molecule has 0 radical (unpaired) electrons. The van der Waals surface area contributed by atoms with Crippen LogP contribution in [0.25, 0.3) is 11.7 Å².